The SMILES string of the molecule is COC(=O)C1CN(CCCCCl)CCC1c1ccc(Cl)cc1. The molecule has 1 saturated heterocycles. The first-order chi connectivity index (χ1) is 10.7. The lowest BCUT2D eigenvalue weighted by atomic mass is 9.80. The van der Waals surface area contributed by atoms with E-state index in [-0.39, 0.29) is 17.8 Å². The molecule has 1 fully saturated rings. The maximum absolute atomic E-state index is 12.2. The summed E-state index contributed by atoms with van der Waals surface area (Å²) in [7, 11) is 1.47. The fourth-order valence-corrected chi connectivity index (χ4v) is 3.47. The number of piperidine rings is 1. The van der Waals surface area contributed by atoms with Crippen molar-refractivity contribution in [1.29, 1.82) is 0 Å². The van der Waals surface area contributed by atoms with Crippen LogP contribution in [-0.4, -0.2) is 43.5 Å². The highest BCUT2D eigenvalue weighted by molar-refractivity contribution is 6.30. The van der Waals surface area contributed by atoms with Crippen LogP contribution in [-0.2, 0) is 9.53 Å². The van der Waals surface area contributed by atoms with Gasteiger partial charge in [0.15, 0.2) is 0 Å². The standard InChI is InChI=1S/C17H23Cl2NO2/c1-22-17(21)16-12-20(10-3-2-9-18)11-8-15(16)13-4-6-14(19)7-5-13/h4-7,15-16H,2-3,8-12H2,1H3. The minimum Gasteiger partial charge on any atom is -0.469 e. The summed E-state index contributed by atoms with van der Waals surface area (Å²) in [5.74, 6) is 0.661. The van der Waals surface area contributed by atoms with E-state index in [1.54, 1.807) is 0 Å². The Labute approximate surface area is 142 Å². The lowest BCUT2D eigenvalue weighted by Gasteiger charge is -2.37. The van der Waals surface area contributed by atoms with E-state index in [1.807, 2.05) is 24.3 Å². The average Bonchev–Trinajstić information content (AvgIpc) is 2.55. The van der Waals surface area contributed by atoms with E-state index >= 15 is 0 Å². The predicted molar refractivity (Wildman–Crippen MR) is 90.7 cm³/mol. The molecule has 2 unspecified atom stereocenters. The van der Waals surface area contributed by atoms with Gasteiger partial charge in [-0.1, -0.05) is 23.7 Å². The van der Waals surface area contributed by atoms with Crippen LogP contribution in [0, 0.1) is 5.92 Å². The van der Waals surface area contributed by atoms with Crippen LogP contribution in [0.2, 0.25) is 5.02 Å². The van der Waals surface area contributed by atoms with Gasteiger partial charge in [-0.05, 0) is 56.0 Å². The number of halogens is 2. The predicted octanol–water partition coefficient (Wildman–Crippen LogP) is 3.94. The molecule has 1 aliphatic rings. The molecule has 0 N–H and O–H groups in total. The van der Waals surface area contributed by atoms with E-state index in [0.29, 0.717) is 5.88 Å². The van der Waals surface area contributed by atoms with Crippen molar-refractivity contribution in [1.82, 2.24) is 4.90 Å². The number of hydrogen-bond acceptors (Lipinski definition) is 3. The maximum Gasteiger partial charge on any atom is 0.310 e. The third-order valence-electron chi connectivity index (χ3n) is 4.36. The third kappa shape index (κ3) is 4.61. The Bertz CT molecular complexity index is 478. The summed E-state index contributed by atoms with van der Waals surface area (Å²) in [5, 5.41) is 0.719. The Morgan fingerprint density at radius 3 is 2.68 bits per heavy atom. The van der Waals surface area contributed by atoms with Crippen molar-refractivity contribution in [2.75, 3.05) is 32.6 Å². The monoisotopic (exact) mass is 343 g/mol. The van der Waals surface area contributed by atoms with Gasteiger partial charge in [0.25, 0.3) is 0 Å². The second-order valence-corrected chi connectivity index (χ2v) is 6.59. The van der Waals surface area contributed by atoms with E-state index in [0.717, 1.165) is 43.9 Å². The molecule has 5 heteroatoms. The summed E-state index contributed by atoms with van der Waals surface area (Å²) in [4.78, 5) is 14.5. The van der Waals surface area contributed by atoms with Gasteiger partial charge in [-0.25, -0.2) is 0 Å². The van der Waals surface area contributed by atoms with Crippen LogP contribution in [0.25, 0.3) is 0 Å². The number of carbonyl (C=O) groups is 1. The summed E-state index contributed by atoms with van der Waals surface area (Å²) < 4.78 is 5.03. The summed E-state index contributed by atoms with van der Waals surface area (Å²) in [6.07, 6.45) is 3.05. The summed E-state index contributed by atoms with van der Waals surface area (Å²) in [6, 6.07) is 7.81. The molecule has 2 atom stereocenters. The third-order valence-corrected chi connectivity index (χ3v) is 4.88. The van der Waals surface area contributed by atoms with Crippen molar-refractivity contribution >= 4 is 29.2 Å². The molecule has 0 radical (unpaired) electrons. The van der Waals surface area contributed by atoms with Crippen molar-refractivity contribution in [2.24, 2.45) is 5.92 Å². The van der Waals surface area contributed by atoms with Gasteiger partial charge in [0.2, 0.25) is 0 Å². The molecule has 122 valence electrons. The first-order valence-corrected chi connectivity index (χ1v) is 8.68. The second kappa shape index (κ2) is 8.76. The van der Waals surface area contributed by atoms with Gasteiger partial charge in [0.05, 0.1) is 13.0 Å². The number of alkyl halides is 1. The molecule has 1 aromatic carbocycles. The van der Waals surface area contributed by atoms with Gasteiger partial charge in [0.1, 0.15) is 0 Å². The topological polar surface area (TPSA) is 29.5 Å². The molecule has 1 aliphatic heterocycles. The fourth-order valence-electron chi connectivity index (χ4n) is 3.15. The summed E-state index contributed by atoms with van der Waals surface area (Å²) in [6.45, 7) is 2.75. The lowest BCUT2D eigenvalue weighted by Crippen LogP contribution is -2.43. The number of methoxy groups -OCH3 is 1. The number of benzene rings is 1. The van der Waals surface area contributed by atoms with E-state index in [4.69, 9.17) is 27.9 Å². The van der Waals surface area contributed by atoms with Crippen LogP contribution in [0.4, 0.5) is 0 Å². The highest BCUT2D eigenvalue weighted by Crippen LogP contribution is 2.34. The lowest BCUT2D eigenvalue weighted by molar-refractivity contribution is -0.148. The molecule has 1 aromatic rings. The molecule has 0 aromatic heterocycles. The minimum absolute atomic E-state index is 0.115. The first-order valence-electron chi connectivity index (χ1n) is 7.77. The first kappa shape index (κ1) is 17.6. The Morgan fingerprint density at radius 1 is 1.32 bits per heavy atom. The van der Waals surface area contributed by atoms with E-state index < -0.39 is 0 Å². The van der Waals surface area contributed by atoms with Gasteiger partial charge in [-0.3, -0.25) is 4.79 Å². The molecule has 0 saturated carbocycles. The van der Waals surface area contributed by atoms with Crippen molar-refractivity contribution in [3.05, 3.63) is 34.9 Å². The number of rotatable bonds is 6. The van der Waals surface area contributed by atoms with E-state index in [2.05, 4.69) is 4.90 Å². The molecule has 0 aliphatic carbocycles. The molecule has 0 spiro atoms. The maximum atomic E-state index is 12.2. The highest BCUT2D eigenvalue weighted by atomic mass is 35.5. The van der Waals surface area contributed by atoms with Crippen LogP contribution in [0.3, 0.4) is 0 Å². The minimum atomic E-state index is -0.123. The fraction of sp³-hybridized carbons (Fsp3) is 0.588. The molecule has 3 nitrogen and oxygen atoms in total. The van der Waals surface area contributed by atoms with Crippen molar-refractivity contribution in [3.63, 3.8) is 0 Å². The van der Waals surface area contributed by atoms with Gasteiger partial charge in [0, 0.05) is 17.4 Å². The van der Waals surface area contributed by atoms with Crippen LogP contribution in [0.15, 0.2) is 24.3 Å². The number of likely N-dealkylation sites (tertiary alicyclic amines) is 1. The zero-order valence-corrected chi connectivity index (χ0v) is 14.4. The zero-order valence-electron chi connectivity index (χ0n) is 12.9. The smallest absolute Gasteiger partial charge is 0.310 e. The van der Waals surface area contributed by atoms with Crippen LogP contribution < -0.4 is 0 Å². The number of esters is 1. The van der Waals surface area contributed by atoms with Crippen LogP contribution in [0.5, 0.6) is 0 Å². The van der Waals surface area contributed by atoms with Crippen LogP contribution >= 0.6 is 23.2 Å². The largest absolute Gasteiger partial charge is 0.469 e. The van der Waals surface area contributed by atoms with E-state index in [1.165, 1.54) is 12.7 Å². The molecule has 2 rings (SSSR count). The molecular weight excluding hydrogens is 321 g/mol. The Kier molecular flexibility index (Phi) is 7.00. The number of nitrogens with zero attached hydrogens (tertiary/aromatic N) is 1. The molecule has 0 bridgehead atoms. The molecular formula is C17H23Cl2NO2. The van der Waals surface area contributed by atoms with Gasteiger partial charge >= 0.3 is 5.97 Å². The highest BCUT2D eigenvalue weighted by Gasteiger charge is 2.35. The Hall–Kier alpha value is -0.770. The van der Waals surface area contributed by atoms with Crippen molar-refractivity contribution < 1.29 is 9.53 Å². The van der Waals surface area contributed by atoms with Crippen molar-refractivity contribution in [3.8, 4) is 0 Å². The Morgan fingerprint density at radius 2 is 2.05 bits per heavy atom. The van der Waals surface area contributed by atoms with Gasteiger partial charge < -0.3 is 9.64 Å². The number of carbonyl (C=O) groups excluding carboxylic acids is 1. The van der Waals surface area contributed by atoms with Gasteiger partial charge in [-0.15, -0.1) is 11.6 Å². The summed E-state index contributed by atoms with van der Waals surface area (Å²) >= 11 is 11.7. The van der Waals surface area contributed by atoms with Crippen molar-refractivity contribution in [2.45, 2.75) is 25.2 Å². The zero-order chi connectivity index (χ0) is 15.9. The number of hydrogen-bond donors (Lipinski definition) is 0. The molecule has 1 heterocycles. The molecule has 22 heavy (non-hydrogen) atoms. The average molecular weight is 344 g/mol. The summed E-state index contributed by atoms with van der Waals surface area (Å²) in [5.41, 5.74) is 1.17. The van der Waals surface area contributed by atoms with Crippen LogP contribution in [0.1, 0.15) is 30.7 Å². The Balaban J connectivity index is 2.06. The quantitative estimate of drug-likeness (QED) is 0.445. The normalized spacial score (nSPS) is 22.5. The van der Waals surface area contributed by atoms with Gasteiger partial charge in [-0.2, -0.15) is 0 Å². The molecule has 0 amide bonds. The second-order valence-electron chi connectivity index (χ2n) is 5.77. The van der Waals surface area contributed by atoms with E-state index in [9.17, 15) is 4.79 Å². The number of ether oxygens (including phenoxy) is 1. The number of unbranched alkanes of at least 4 members (excludes halogenated alkanes) is 1.